The number of alkyl halides is 3. The number of aryl methyl sites for hydroxylation is 1. The summed E-state index contributed by atoms with van der Waals surface area (Å²) in [5, 5.41) is 8.57. The number of nitrogens with one attached hydrogen (secondary N) is 1. The van der Waals surface area contributed by atoms with E-state index in [1.807, 2.05) is 0 Å². The van der Waals surface area contributed by atoms with E-state index < -0.39 is 21.8 Å². The predicted octanol–water partition coefficient (Wildman–Crippen LogP) is 2.53. The molecule has 0 spiro atoms. The first kappa shape index (κ1) is 16.8. The molecule has 0 bridgehead atoms. The third-order valence-corrected chi connectivity index (χ3v) is 4.01. The molecule has 20 heavy (non-hydrogen) atoms. The molecule has 4 nitrogen and oxygen atoms in total. The summed E-state index contributed by atoms with van der Waals surface area (Å²) >= 11 is 0. The van der Waals surface area contributed by atoms with Gasteiger partial charge in [-0.15, -0.1) is 0 Å². The largest absolute Gasteiger partial charge is 0.416 e. The molecule has 1 aromatic carbocycles. The Morgan fingerprint density at radius 3 is 2.45 bits per heavy atom. The van der Waals surface area contributed by atoms with Crippen LogP contribution < -0.4 is 4.72 Å². The Balaban J connectivity index is 2.88. The van der Waals surface area contributed by atoms with E-state index in [1.54, 1.807) is 0 Å². The van der Waals surface area contributed by atoms with Gasteiger partial charge >= 0.3 is 6.18 Å². The minimum Gasteiger partial charge on any atom is -0.396 e. The van der Waals surface area contributed by atoms with Gasteiger partial charge < -0.3 is 5.11 Å². The number of aliphatic hydroxyl groups is 1. The maximum absolute atomic E-state index is 12.7. The Labute approximate surface area is 115 Å². The van der Waals surface area contributed by atoms with Crippen molar-refractivity contribution in [1.82, 2.24) is 0 Å². The lowest BCUT2D eigenvalue weighted by Crippen LogP contribution is -2.18. The Hall–Kier alpha value is -1.28. The fourth-order valence-corrected chi connectivity index (χ4v) is 2.80. The zero-order valence-corrected chi connectivity index (χ0v) is 11.7. The predicted molar refractivity (Wildman–Crippen MR) is 69.9 cm³/mol. The number of unbranched alkanes of at least 4 members (excludes halogenated alkanes) is 1. The molecule has 0 saturated carbocycles. The lowest BCUT2D eigenvalue weighted by Gasteiger charge is -2.13. The highest BCUT2D eigenvalue weighted by atomic mass is 32.2. The summed E-state index contributed by atoms with van der Waals surface area (Å²) in [6.07, 6.45) is -3.96. The van der Waals surface area contributed by atoms with E-state index in [0.29, 0.717) is 6.42 Å². The van der Waals surface area contributed by atoms with Crippen LogP contribution in [0.3, 0.4) is 0 Å². The molecule has 8 heteroatoms. The fourth-order valence-electron chi connectivity index (χ4n) is 1.63. The van der Waals surface area contributed by atoms with Crippen molar-refractivity contribution in [2.45, 2.75) is 25.9 Å². The van der Waals surface area contributed by atoms with Gasteiger partial charge in [-0.1, -0.05) is 6.07 Å². The summed E-state index contributed by atoms with van der Waals surface area (Å²) in [4.78, 5) is 0. The van der Waals surface area contributed by atoms with Gasteiger partial charge in [0.05, 0.1) is 11.3 Å². The summed E-state index contributed by atoms with van der Waals surface area (Å²) in [6, 6.07) is 3.28. The topological polar surface area (TPSA) is 66.4 Å². The van der Waals surface area contributed by atoms with Crippen molar-refractivity contribution in [3.63, 3.8) is 0 Å². The van der Waals surface area contributed by atoms with Gasteiger partial charge in [-0.3, -0.25) is 4.72 Å². The molecule has 1 aromatic rings. The zero-order chi connectivity index (χ0) is 15.4. The smallest absolute Gasteiger partial charge is 0.396 e. The van der Waals surface area contributed by atoms with E-state index in [0.717, 1.165) is 6.07 Å². The highest BCUT2D eigenvalue weighted by Crippen LogP contribution is 2.33. The number of hydrogen-bond acceptors (Lipinski definition) is 3. The summed E-state index contributed by atoms with van der Waals surface area (Å²) in [6.45, 7) is 1.18. The van der Waals surface area contributed by atoms with Gasteiger partial charge in [0, 0.05) is 12.3 Å². The lowest BCUT2D eigenvalue weighted by molar-refractivity contribution is -0.138. The monoisotopic (exact) mass is 311 g/mol. The molecule has 0 aliphatic carbocycles. The standard InChI is InChI=1S/C12H16F3NO3S/c1-9-4-5-10(8-11(9)12(13,14)15)16-20(18,19)7-3-2-6-17/h4-5,8,16-17H,2-3,6-7H2,1H3. The minimum absolute atomic E-state index is 0.0285. The van der Waals surface area contributed by atoms with E-state index >= 15 is 0 Å². The quantitative estimate of drug-likeness (QED) is 0.793. The molecule has 0 fully saturated rings. The second kappa shape index (κ2) is 6.45. The Morgan fingerprint density at radius 2 is 1.90 bits per heavy atom. The van der Waals surface area contributed by atoms with Crippen molar-refractivity contribution >= 4 is 15.7 Å². The van der Waals surface area contributed by atoms with Crippen LogP contribution in [0.4, 0.5) is 18.9 Å². The van der Waals surface area contributed by atoms with Gasteiger partial charge in [0.1, 0.15) is 0 Å². The van der Waals surface area contributed by atoms with Crippen molar-refractivity contribution in [2.24, 2.45) is 0 Å². The summed E-state index contributed by atoms with van der Waals surface area (Å²) < 4.78 is 63.5. The molecule has 0 amide bonds. The number of sulfonamides is 1. The first-order chi connectivity index (χ1) is 9.15. The third-order valence-electron chi connectivity index (χ3n) is 2.64. The van der Waals surface area contributed by atoms with Crippen molar-refractivity contribution in [3.05, 3.63) is 29.3 Å². The summed E-state index contributed by atoms with van der Waals surface area (Å²) in [7, 11) is -3.71. The number of hydrogen-bond donors (Lipinski definition) is 2. The molecule has 0 aliphatic rings. The first-order valence-corrected chi connectivity index (χ1v) is 7.60. The molecular formula is C12H16F3NO3S. The minimum atomic E-state index is -4.53. The second-order valence-electron chi connectivity index (χ2n) is 4.38. The maximum Gasteiger partial charge on any atom is 0.416 e. The molecule has 0 aromatic heterocycles. The van der Waals surface area contributed by atoms with Gasteiger partial charge in [-0.25, -0.2) is 8.42 Å². The number of anilines is 1. The van der Waals surface area contributed by atoms with E-state index in [4.69, 9.17) is 5.11 Å². The van der Waals surface area contributed by atoms with E-state index in [-0.39, 0.29) is 30.0 Å². The van der Waals surface area contributed by atoms with Crippen LogP contribution in [0.1, 0.15) is 24.0 Å². The lowest BCUT2D eigenvalue weighted by atomic mass is 10.1. The molecule has 0 unspecified atom stereocenters. The normalized spacial score (nSPS) is 12.4. The Bertz CT molecular complexity index is 556. The van der Waals surface area contributed by atoms with Crippen molar-refractivity contribution in [1.29, 1.82) is 0 Å². The number of rotatable bonds is 6. The van der Waals surface area contributed by atoms with Gasteiger partial charge in [-0.2, -0.15) is 13.2 Å². The SMILES string of the molecule is Cc1ccc(NS(=O)(=O)CCCCO)cc1C(F)(F)F. The molecule has 2 N–H and O–H groups in total. The van der Waals surface area contributed by atoms with Crippen LogP contribution in [0.5, 0.6) is 0 Å². The highest BCUT2D eigenvalue weighted by Gasteiger charge is 2.32. The van der Waals surface area contributed by atoms with E-state index in [1.165, 1.54) is 19.1 Å². The molecule has 0 radical (unpaired) electrons. The number of halogens is 3. The van der Waals surface area contributed by atoms with Crippen LogP contribution >= 0.6 is 0 Å². The third kappa shape index (κ3) is 5.01. The average molecular weight is 311 g/mol. The average Bonchev–Trinajstić information content (AvgIpc) is 2.30. The number of benzene rings is 1. The molecule has 0 atom stereocenters. The van der Waals surface area contributed by atoms with Crippen molar-refractivity contribution < 1.29 is 26.7 Å². The van der Waals surface area contributed by atoms with Crippen LogP contribution in [0, 0.1) is 6.92 Å². The fraction of sp³-hybridized carbons (Fsp3) is 0.500. The van der Waals surface area contributed by atoms with E-state index in [9.17, 15) is 21.6 Å². The summed E-state index contributed by atoms with van der Waals surface area (Å²) in [5.74, 6) is -0.247. The van der Waals surface area contributed by atoms with Crippen LogP contribution in [0.15, 0.2) is 18.2 Å². The second-order valence-corrected chi connectivity index (χ2v) is 6.22. The first-order valence-electron chi connectivity index (χ1n) is 5.95. The van der Waals surface area contributed by atoms with Gasteiger partial charge in [0.2, 0.25) is 10.0 Å². The maximum atomic E-state index is 12.7. The van der Waals surface area contributed by atoms with Gasteiger partial charge in [0.25, 0.3) is 0 Å². The van der Waals surface area contributed by atoms with Gasteiger partial charge in [0.15, 0.2) is 0 Å². The van der Waals surface area contributed by atoms with Crippen molar-refractivity contribution in [2.75, 3.05) is 17.1 Å². The van der Waals surface area contributed by atoms with Crippen LogP contribution in [-0.4, -0.2) is 25.9 Å². The highest BCUT2D eigenvalue weighted by molar-refractivity contribution is 7.92. The Morgan fingerprint density at radius 1 is 1.25 bits per heavy atom. The summed E-state index contributed by atoms with van der Waals surface area (Å²) in [5.41, 5.74) is -0.958. The van der Waals surface area contributed by atoms with Crippen LogP contribution in [0.2, 0.25) is 0 Å². The molecule has 114 valence electrons. The van der Waals surface area contributed by atoms with E-state index in [2.05, 4.69) is 4.72 Å². The Kier molecular flexibility index (Phi) is 5.41. The van der Waals surface area contributed by atoms with Crippen LogP contribution in [0.25, 0.3) is 0 Å². The van der Waals surface area contributed by atoms with Crippen LogP contribution in [-0.2, 0) is 16.2 Å². The molecule has 0 heterocycles. The molecule has 0 aliphatic heterocycles. The molecule has 0 saturated heterocycles. The zero-order valence-electron chi connectivity index (χ0n) is 10.9. The van der Waals surface area contributed by atoms with Gasteiger partial charge in [-0.05, 0) is 37.5 Å². The molecular weight excluding hydrogens is 295 g/mol. The number of aliphatic hydroxyl groups excluding tert-OH is 1. The molecule has 1 rings (SSSR count). The van der Waals surface area contributed by atoms with Crippen molar-refractivity contribution in [3.8, 4) is 0 Å².